The van der Waals surface area contributed by atoms with Crippen molar-refractivity contribution in [3.63, 3.8) is 0 Å². The second-order valence-corrected chi connectivity index (χ2v) is 4.95. The molecule has 0 aromatic heterocycles. The molecule has 0 bridgehead atoms. The summed E-state index contributed by atoms with van der Waals surface area (Å²) in [5.41, 5.74) is 3.77. The maximum atomic E-state index is 5.48. The van der Waals surface area contributed by atoms with Crippen LogP contribution >= 0.6 is 0 Å². The minimum absolute atomic E-state index is 0.460. The molecule has 0 spiro atoms. The van der Waals surface area contributed by atoms with Crippen molar-refractivity contribution >= 4 is 11.4 Å². The van der Waals surface area contributed by atoms with Crippen LogP contribution in [0.5, 0.6) is 0 Å². The fourth-order valence-corrected chi connectivity index (χ4v) is 2.27. The molecule has 1 unspecified atom stereocenters. The Morgan fingerprint density at radius 2 is 2.18 bits per heavy atom. The van der Waals surface area contributed by atoms with Gasteiger partial charge in [-0.3, -0.25) is 0 Å². The molecule has 1 saturated heterocycles. The van der Waals surface area contributed by atoms with Crippen molar-refractivity contribution in [1.29, 1.82) is 0 Å². The summed E-state index contributed by atoms with van der Waals surface area (Å²) in [6.45, 7) is 3.88. The van der Waals surface area contributed by atoms with Gasteiger partial charge in [0.1, 0.15) is 0 Å². The van der Waals surface area contributed by atoms with Crippen molar-refractivity contribution in [2.75, 3.05) is 37.5 Å². The molecule has 17 heavy (non-hydrogen) atoms. The smallest absolute Gasteiger partial charge is 0.0667 e. The Labute approximate surface area is 104 Å². The maximum Gasteiger partial charge on any atom is 0.0667 e. The Balaban J connectivity index is 2.07. The van der Waals surface area contributed by atoms with Crippen LogP contribution in [0.1, 0.15) is 18.4 Å². The number of hydrogen-bond donors (Lipinski definition) is 1. The van der Waals surface area contributed by atoms with Crippen molar-refractivity contribution in [3.8, 4) is 0 Å². The molecule has 1 aliphatic heterocycles. The highest BCUT2D eigenvalue weighted by molar-refractivity contribution is 5.62. The molecule has 1 atom stereocenters. The predicted octanol–water partition coefficient (Wildman–Crippen LogP) is 2.65. The van der Waals surface area contributed by atoms with Crippen LogP contribution in [0.2, 0.25) is 0 Å². The van der Waals surface area contributed by atoms with Crippen LogP contribution in [0.4, 0.5) is 11.4 Å². The average Bonchev–Trinajstić information content (AvgIpc) is 2.32. The van der Waals surface area contributed by atoms with E-state index in [4.69, 9.17) is 4.74 Å². The van der Waals surface area contributed by atoms with Gasteiger partial charge in [-0.2, -0.15) is 0 Å². The molecule has 0 saturated carbocycles. The lowest BCUT2D eigenvalue weighted by Gasteiger charge is -2.25. The quantitative estimate of drug-likeness (QED) is 0.870. The zero-order chi connectivity index (χ0) is 12.3. The van der Waals surface area contributed by atoms with Crippen LogP contribution in [0.25, 0.3) is 0 Å². The van der Waals surface area contributed by atoms with Crippen molar-refractivity contribution in [1.82, 2.24) is 0 Å². The first-order valence-corrected chi connectivity index (χ1v) is 6.29. The molecule has 1 N–H and O–H groups in total. The number of rotatable bonds is 3. The van der Waals surface area contributed by atoms with Gasteiger partial charge in [0.05, 0.1) is 6.61 Å². The lowest BCUT2D eigenvalue weighted by molar-refractivity contribution is 0.0876. The monoisotopic (exact) mass is 234 g/mol. The standard InChI is InChI=1S/C14H22N2O/c1-11-6-7-12(9-14(11)16(2)3)15-13-5-4-8-17-10-13/h6-7,9,13,15H,4-5,8,10H2,1-3H3. The summed E-state index contributed by atoms with van der Waals surface area (Å²) in [7, 11) is 4.16. The Morgan fingerprint density at radius 1 is 1.35 bits per heavy atom. The number of anilines is 2. The third-order valence-corrected chi connectivity index (χ3v) is 3.22. The molecule has 3 nitrogen and oxygen atoms in total. The molecule has 3 heteroatoms. The van der Waals surface area contributed by atoms with Crippen LogP contribution < -0.4 is 10.2 Å². The van der Waals surface area contributed by atoms with E-state index in [9.17, 15) is 0 Å². The van der Waals surface area contributed by atoms with Gasteiger partial charge in [-0.25, -0.2) is 0 Å². The highest BCUT2D eigenvalue weighted by Gasteiger charge is 2.13. The molecular weight excluding hydrogens is 212 g/mol. The Bertz CT molecular complexity index is 370. The van der Waals surface area contributed by atoms with Gasteiger partial charge in [-0.1, -0.05) is 6.07 Å². The molecule has 1 aliphatic rings. The van der Waals surface area contributed by atoms with E-state index in [1.807, 2.05) is 0 Å². The Kier molecular flexibility index (Phi) is 3.89. The van der Waals surface area contributed by atoms with Crippen LogP contribution in [-0.2, 0) is 4.74 Å². The highest BCUT2D eigenvalue weighted by atomic mass is 16.5. The van der Waals surface area contributed by atoms with Crippen LogP contribution in [-0.4, -0.2) is 33.4 Å². The van der Waals surface area contributed by atoms with Gasteiger partial charge in [0.15, 0.2) is 0 Å². The fourth-order valence-electron chi connectivity index (χ4n) is 2.27. The second kappa shape index (κ2) is 5.41. The van der Waals surface area contributed by atoms with E-state index < -0.39 is 0 Å². The number of hydrogen-bond acceptors (Lipinski definition) is 3. The molecule has 0 amide bonds. The fraction of sp³-hybridized carbons (Fsp3) is 0.571. The maximum absolute atomic E-state index is 5.48. The Hall–Kier alpha value is -1.22. The van der Waals surface area contributed by atoms with Crippen molar-refractivity contribution in [2.45, 2.75) is 25.8 Å². The van der Waals surface area contributed by atoms with Gasteiger partial charge in [0.2, 0.25) is 0 Å². The SMILES string of the molecule is Cc1ccc(NC2CCCOC2)cc1N(C)C. The number of nitrogens with one attached hydrogen (secondary N) is 1. The minimum atomic E-state index is 0.460. The number of nitrogens with zero attached hydrogens (tertiary/aromatic N) is 1. The summed E-state index contributed by atoms with van der Waals surface area (Å²) in [5.74, 6) is 0. The lowest BCUT2D eigenvalue weighted by atomic mass is 10.1. The summed E-state index contributed by atoms with van der Waals surface area (Å²) in [6, 6.07) is 6.99. The number of ether oxygens (including phenoxy) is 1. The summed E-state index contributed by atoms with van der Waals surface area (Å²) < 4.78 is 5.48. The van der Waals surface area contributed by atoms with Gasteiger partial charge in [0.25, 0.3) is 0 Å². The van der Waals surface area contributed by atoms with Crippen molar-refractivity contribution in [2.24, 2.45) is 0 Å². The molecule has 1 heterocycles. The minimum Gasteiger partial charge on any atom is -0.380 e. The molecule has 1 aromatic carbocycles. The summed E-state index contributed by atoms with van der Waals surface area (Å²) in [4.78, 5) is 2.15. The van der Waals surface area contributed by atoms with Gasteiger partial charge >= 0.3 is 0 Å². The van der Waals surface area contributed by atoms with Gasteiger partial charge in [-0.15, -0.1) is 0 Å². The van der Waals surface area contributed by atoms with E-state index in [2.05, 4.69) is 49.4 Å². The molecule has 1 fully saturated rings. The van der Waals surface area contributed by atoms with Gasteiger partial charge < -0.3 is 15.0 Å². The largest absolute Gasteiger partial charge is 0.380 e. The third kappa shape index (κ3) is 3.13. The van der Waals surface area contributed by atoms with E-state index in [0.717, 1.165) is 19.6 Å². The average molecular weight is 234 g/mol. The lowest BCUT2D eigenvalue weighted by Crippen LogP contribution is -2.30. The number of aryl methyl sites for hydroxylation is 1. The number of benzene rings is 1. The predicted molar refractivity (Wildman–Crippen MR) is 73.0 cm³/mol. The first-order chi connectivity index (χ1) is 8.16. The normalized spacial score (nSPS) is 20.1. The van der Waals surface area contributed by atoms with Crippen LogP contribution in [0.15, 0.2) is 18.2 Å². The third-order valence-electron chi connectivity index (χ3n) is 3.22. The zero-order valence-electron chi connectivity index (χ0n) is 11.0. The molecule has 0 aliphatic carbocycles. The summed E-state index contributed by atoms with van der Waals surface area (Å²) in [5, 5.41) is 3.55. The van der Waals surface area contributed by atoms with Gasteiger partial charge in [-0.05, 0) is 37.5 Å². The van der Waals surface area contributed by atoms with Crippen molar-refractivity contribution < 1.29 is 4.74 Å². The van der Waals surface area contributed by atoms with E-state index in [-0.39, 0.29) is 0 Å². The van der Waals surface area contributed by atoms with Crippen molar-refractivity contribution in [3.05, 3.63) is 23.8 Å². The summed E-state index contributed by atoms with van der Waals surface area (Å²) >= 11 is 0. The van der Waals surface area contributed by atoms with E-state index in [1.165, 1.54) is 23.4 Å². The topological polar surface area (TPSA) is 24.5 Å². The first-order valence-electron chi connectivity index (χ1n) is 6.29. The molecule has 0 radical (unpaired) electrons. The van der Waals surface area contributed by atoms with E-state index >= 15 is 0 Å². The molecule has 94 valence electrons. The van der Waals surface area contributed by atoms with E-state index in [0.29, 0.717) is 6.04 Å². The summed E-state index contributed by atoms with van der Waals surface area (Å²) in [6.07, 6.45) is 2.36. The highest BCUT2D eigenvalue weighted by Crippen LogP contribution is 2.24. The molecule has 2 rings (SSSR count). The molecule has 1 aromatic rings. The second-order valence-electron chi connectivity index (χ2n) is 4.95. The van der Waals surface area contributed by atoms with E-state index in [1.54, 1.807) is 0 Å². The van der Waals surface area contributed by atoms with Crippen LogP contribution in [0.3, 0.4) is 0 Å². The van der Waals surface area contributed by atoms with Crippen LogP contribution in [0, 0.1) is 6.92 Å². The Morgan fingerprint density at radius 3 is 2.82 bits per heavy atom. The molecular formula is C14H22N2O. The zero-order valence-corrected chi connectivity index (χ0v) is 11.0. The first kappa shape index (κ1) is 12.2. The van der Waals surface area contributed by atoms with Gasteiger partial charge in [0, 0.05) is 38.1 Å².